The molecule has 1 aromatic carbocycles. The summed E-state index contributed by atoms with van der Waals surface area (Å²) < 4.78 is 2.02. The summed E-state index contributed by atoms with van der Waals surface area (Å²) in [6.45, 7) is 0. The SMILES string of the molecule is N#Cc1ccc(Cc2cc(C(=O)c3nc4ccncc4[nH]3)c3ccccn23)cc1. The predicted molar refractivity (Wildman–Crippen MR) is 109 cm³/mol. The van der Waals surface area contributed by atoms with Gasteiger partial charge in [-0.1, -0.05) is 18.2 Å². The van der Waals surface area contributed by atoms with Crippen molar-refractivity contribution in [1.82, 2.24) is 19.4 Å². The van der Waals surface area contributed by atoms with Crippen LogP contribution in [-0.2, 0) is 6.42 Å². The number of hydrogen-bond donors (Lipinski definition) is 1. The van der Waals surface area contributed by atoms with Crippen molar-refractivity contribution in [2.45, 2.75) is 6.42 Å². The molecule has 6 nitrogen and oxygen atoms in total. The van der Waals surface area contributed by atoms with Crippen LogP contribution >= 0.6 is 0 Å². The second-order valence-electron chi connectivity index (χ2n) is 6.80. The van der Waals surface area contributed by atoms with Crippen LogP contribution < -0.4 is 0 Å². The largest absolute Gasteiger partial charge is 0.334 e. The highest BCUT2D eigenvalue weighted by Gasteiger charge is 2.20. The third-order valence-corrected chi connectivity index (χ3v) is 4.97. The Bertz CT molecular complexity index is 1370. The highest BCUT2D eigenvalue weighted by Crippen LogP contribution is 2.23. The van der Waals surface area contributed by atoms with Crippen LogP contribution in [0.3, 0.4) is 0 Å². The maximum Gasteiger partial charge on any atom is 0.230 e. The molecule has 0 saturated heterocycles. The molecule has 29 heavy (non-hydrogen) atoms. The van der Waals surface area contributed by atoms with Gasteiger partial charge in [-0.15, -0.1) is 0 Å². The Morgan fingerprint density at radius 1 is 1.14 bits per heavy atom. The van der Waals surface area contributed by atoms with Gasteiger partial charge in [-0.05, 0) is 42.0 Å². The number of pyridine rings is 2. The fraction of sp³-hybridized carbons (Fsp3) is 0.0435. The van der Waals surface area contributed by atoms with Crippen LogP contribution in [0.25, 0.3) is 16.6 Å². The van der Waals surface area contributed by atoms with E-state index in [1.54, 1.807) is 30.6 Å². The smallest absolute Gasteiger partial charge is 0.230 e. The minimum absolute atomic E-state index is 0.157. The number of aromatic nitrogens is 4. The van der Waals surface area contributed by atoms with Crippen molar-refractivity contribution in [2.75, 3.05) is 0 Å². The van der Waals surface area contributed by atoms with Crippen LogP contribution in [0.2, 0.25) is 0 Å². The molecule has 0 saturated carbocycles. The third-order valence-electron chi connectivity index (χ3n) is 4.97. The Labute approximate surface area is 166 Å². The number of nitriles is 1. The van der Waals surface area contributed by atoms with Crippen LogP contribution in [0.1, 0.15) is 33.0 Å². The number of aromatic amines is 1. The molecule has 0 aliphatic heterocycles. The molecule has 4 heterocycles. The molecule has 0 atom stereocenters. The van der Waals surface area contributed by atoms with Gasteiger partial charge in [0.15, 0.2) is 5.82 Å². The summed E-state index contributed by atoms with van der Waals surface area (Å²) in [5.74, 6) is 0.144. The van der Waals surface area contributed by atoms with Crippen molar-refractivity contribution in [1.29, 1.82) is 5.26 Å². The maximum absolute atomic E-state index is 13.2. The van der Waals surface area contributed by atoms with E-state index in [9.17, 15) is 4.79 Å². The number of benzene rings is 1. The van der Waals surface area contributed by atoms with Gasteiger partial charge in [0.25, 0.3) is 0 Å². The molecule has 0 unspecified atom stereocenters. The van der Waals surface area contributed by atoms with Gasteiger partial charge in [-0.25, -0.2) is 4.98 Å². The quantitative estimate of drug-likeness (QED) is 0.481. The van der Waals surface area contributed by atoms with Crippen molar-refractivity contribution < 1.29 is 4.79 Å². The minimum Gasteiger partial charge on any atom is -0.334 e. The summed E-state index contributed by atoms with van der Waals surface area (Å²) >= 11 is 0. The standard InChI is InChI=1S/C23H15N5O/c24-13-16-6-4-15(5-7-16)11-17-12-18(21-3-1-2-10-28(17)21)22(29)23-26-19-8-9-25-14-20(19)27-23/h1-10,12,14H,11H2,(H,26,27). The van der Waals surface area contributed by atoms with Crippen molar-refractivity contribution in [3.05, 3.63) is 101 Å². The van der Waals surface area contributed by atoms with Crippen LogP contribution in [0.15, 0.2) is 73.2 Å². The summed E-state index contributed by atoms with van der Waals surface area (Å²) in [6.07, 6.45) is 5.91. The zero-order valence-electron chi connectivity index (χ0n) is 15.3. The number of imidazole rings is 1. The minimum atomic E-state index is -0.157. The van der Waals surface area contributed by atoms with Crippen LogP contribution in [0.5, 0.6) is 0 Å². The number of ketones is 1. The maximum atomic E-state index is 13.2. The topological polar surface area (TPSA) is 86.8 Å². The number of H-pyrrole nitrogens is 1. The highest BCUT2D eigenvalue weighted by atomic mass is 16.1. The average Bonchev–Trinajstić information content (AvgIpc) is 3.36. The molecule has 5 aromatic rings. The average molecular weight is 377 g/mol. The number of fused-ring (bicyclic) bond motifs is 2. The summed E-state index contributed by atoms with van der Waals surface area (Å²) in [5.41, 5.74) is 5.57. The zero-order valence-corrected chi connectivity index (χ0v) is 15.3. The van der Waals surface area contributed by atoms with E-state index in [4.69, 9.17) is 5.26 Å². The second kappa shape index (κ2) is 6.73. The first-order valence-corrected chi connectivity index (χ1v) is 9.15. The Kier molecular flexibility index (Phi) is 3.92. The summed E-state index contributed by atoms with van der Waals surface area (Å²) in [5, 5.41) is 8.98. The van der Waals surface area contributed by atoms with Gasteiger partial charge in [0, 0.05) is 24.5 Å². The number of rotatable bonds is 4. The third kappa shape index (κ3) is 2.95. The van der Waals surface area contributed by atoms with E-state index >= 15 is 0 Å². The van der Waals surface area contributed by atoms with Crippen molar-refractivity contribution >= 4 is 22.3 Å². The molecule has 0 aliphatic carbocycles. The lowest BCUT2D eigenvalue weighted by molar-refractivity contribution is 0.103. The highest BCUT2D eigenvalue weighted by molar-refractivity contribution is 6.12. The Morgan fingerprint density at radius 3 is 2.79 bits per heavy atom. The first-order valence-electron chi connectivity index (χ1n) is 9.15. The lowest BCUT2D eigenvalue weighted by Crippen LogP contribution is -2.03. The van der Waals surface area contributed by atoms with E-state index in [2.05, 4.69) is 21.0 Å². The van der Waals surface area contributed by atoms with Gasteiger partial charge in [-0.3, -0.25) is 9.78 Å². The number of nitrogens with zero attached hydrogens (tertiary/aromatic N) is 4. The zero-order chi connectivity index (χ0) is 19.8. The van der Waals surface area contributed by atoms with Crippen molar-refractivity contribution in [3.8, 4) is 6.07 Å². The number of carbonyl (C=O) groups is 1. The van der Waals surface area contributed by atoms with Gasteiger partial charge in [0.05, 0.1) is 39.9 Å². The molecule has 5 rings (SSSR count). The molecular weight excluding hydrogens is 362 g/mol. The molecule has 0 amide bonds. The van der Waals surface area contributed by atoms with Crippen LogP contribution in [0.4, 0.5) is 0 Å². The van der Waals surface area contributed by atoms with Crippen molar-refractivity contribution in [3.63, 3.8) is 0 Å². The first-order chi connectivity index (χ1) is 14.2. The van der Waals surface area contributed by atoms with Gasteiger partial charge >= 0.3 is 0 Å². The number of hydrogen-bond acceptors (Lipinski definition) is 4. The Morgan fingerprint density at radius 2 is 2.00 bits per heavy atom. The van der Waals surface area contributed by atoms with Gasteiger partial charge in [0.1, 0.15) is 0 Å². The number of nitrogens with one attached hydrogen (secondary N) is 1. The summed E-state index contributed by atoms with van der Waals surface area (Å²) in [6, 6.07) is 19.1. The molecular formula is C23H15N5O. The predicted octanol–water partition coefficient (Wildman–Crippen LogP) is 3.90. The molecule has 0 bridgehead atoms. The van der Waals surface area contributed by atoms with Crippen molar-refractivity contribution in [2.24, 2.45) is 0 Å². The molecule has 0 spiro atoms. The van der Waals surface area contributed by atoms with E-state index in [0.29, 0.717) is 28.9 Å². The molecule has 6 heteroatoms. The molecule has 1 N–H and O–H groups in total. The fourth-order valence-electron chi connectivity index (χ4n) is 3.54. The van der Waals surface area contributed by atoms with Crippen LogP contribution in [-0.4, -0.2) is 25.1 Å². The lowest BCUT2D eigenvalue weighted by Gasteiger charge is -2.03. The first kappa shape index (κ1) is 16.9. The monoisotopic (exact) mass is 377 g/mol. The number of carbonyl (C=O) groups excluding carboxylic acids is 1. The molecule has 0 radical (unpaired) electrons. The van der Waals surface area contributed by atoms with Crippen LogP contribution in [0, 0.1) is 11.3 Å². The molecule has 138 valence electrons. The molecule has 4 aromatic heterocycles. The molecule has 0 aliphatic rings. The van der Waals surface area contributed by atoms with Gasteiger partial charge in [0.2, 0.25) is 5.78 Å². The lowest BCUT2D eigenvalue weighted by atomic mass is 10.1. The van der Waals surface area contributed by atoms with E-state index < -0.39 is 0 Å². The van der Waals surface area contributed by atoms with E-state index in [0.717, 1.165) is 22.3 Å². The van der Waals surface area contributed by atoms with Gasteiger partial charge < -0.3 is 9.38 Å². The Hall–Kier alpha value is -4.24. The molecule has 0 fully saturated rings. The summed E-state index contributed by atoms with van der Waals surface area (Å²) in [7, 11) is 0. The van der Waals surface area contributed by atoms with E-state index in [-0.39, 0.29) is 5.78 Å². The van der Waals surface area contributed by atoms with E-state index in [1.165, 1.54) is 0 Å². The van der Waals surface area contributed by atoms with E-state index in [1.807, 2.05) is 47.0 Å². The second-order valence-corrected chi connectivity index (χ2v) is 6.80. The summed E-state index contributed by atoms with van der Waals surface area (Å²) in [4.78, 5) is 24.8. The van der Waals surface area contributed by atoms with Gasteiger partial charge in [-0.2, -0.15) is 5.26 Å². The Balaban J connectivity index is 1.57. The normalized spacial score (nSPS) is 11.0. The fourth-order valence-corrected chi connectivity index (χ4v) is 3.54.